The molecular weight excluding hydrogens is 526 g/mol. The normalized spacial score (nSPS) is 37.6. The van der Waals surface area contributed by atoms with Gasteiger partial charge in [-0.1, -0.05) is 82.5 Å². The number of amides is 3. The molecule has 1 aromatic rings. The third-order valence-electron chi connectivity index (χ3n) is 10.5. The zero-order valence-electron chi connectivity index (χ0n) is 23.6. The Hall–Kier alpha value is -2.38. The summed E-state index contributed by atoms with van der Waals surface area (Å²) in [5, 5.41) is 6.94. The number of carbonyl (C=O) groups is 3. The Morgan fingerprint density at radius 3 is 2.38 bits per heavy atom. The quantitative estimate of drug-likeness (QED) is 0.461. The summed E-state index contributed by atoms with van der Waals surface area (Å²) in [6.45, 7) is 4.48. The van der Waals surface area contributed by atoms with Crippen LogP contribution in [0.5, 0.6) is 0 Å². The molecule has 216 valence electrons. The number of likely N-dealkylation sites (tertiary alicyclic amines) is 1. The fourth-order valence-electron chi connectivity index (χ4n) is 8.12. The second-order valence-electron chi connectivity index (χ2n) is 12.8. The van der Waals surface area contributed by atoms with Gasteiger partial charge in [-0.05, 0) is 55.4 Å². The van der Waals surface area contributed by atoms with Gasteiger partial charge in [-0.15, -0.1) is 0 Å². The van der Waals surface area contributed by atoms with E-state index in [0.717, 1.165) is 51.4 Å². The first-order valence-corrected chi connectivity index (χ1v) is 15.7. The number of fused-ring (bicyclic) bond motifs is 1. The Morgan fingerprint density at radius 1 is 0.950 bits per heavy atom. The number of benzene rings is 1. The third kappa shape index (κ3) is 4.77. The van der Waals surface area contributed by atoms with Crippen LogP contribution in [0.4, 0.5) is 5.69 Å². The molecule has 4 fully saturated rings. The minimum Gasteiger partial charge on any atom is -0.359 e. The monoisotopic (exact) mass is 567 g/mol. The molecule has 2 aliphatic carbocycles. The lowest BCUT2D eigenvalue weighted by atomic mass is 9.73. The highest BCUT2D eigenvalue weighted by Crippen LogP contribution is 2.56. The van der Waals surface area contributed by atoms with E-state index in [2.05, 4.69) is 24.5 Å². The zero-order chi connectivity index (χ0) is 28.0. The van der Waals surface area contributed by atoms with Gasteiger partial charge >= 0.3 is 0 Å². The molecule has 40 heavy (non-hydrogen) atoms. The van der Waals surface area contributed by atoms with Crippen LogP contribution in [0.3, 0.4) is 0 Å². The second kappa shape index (κ2) is 11.1. The summed E-state index contributed by atoms with van der Waals surface area (Å²) in [5.74, 6) is -1.02. The molecule has 1 aromatic carbocycles. The van der Waals surface area contributed by atoms with Crippen molar-refractivity contribution in [3.05, 3.63) is 41.4 Å². The fourth-order valence-corrected chi connectivity index (χ4v) is 8.24. The van der Waals surface area contributed by atoms with Crippen molar-refractivity contribution < 1.29 is 19.1 Å². The molecule has 6 unspecified atom stereocenters. The molecule has 3 aliphatic heterocycles. The minimum absolute atomic E-state index is 0.0257. The first kappa shape index (κ1) is 27.8. The lowest BCUT2D eigenvalue weighted by Gasteiger charge is -2.40. The number of nitrogens with zero attached hydrogens (tertiary/aromatic N) is 1. The standard InChI is InChI=1S/C32H42ClN3O4/c1-19-9-8-12-24(20(19)2)35-30(38)28-32-18-17-25(40-32)26(29(37)34-22-15-13-21(33)14-16-22)27(32)31(39)36(28)23-10-6-4-3-5-7-11-23/h13-20,23-28H,3-12H2,1-2H3,(H,34,37)(H,35,38)/t19?,20?,24?,25-,26?,27-,28?,32?/m0/s1. The molecule has 6 rings (SSSR count). The first-order valence-electron chi connectivity index (χ1n) is 15.4. The lowest BCUT2D eigenvalue weighted by Crippen LogP contribution is -2.59. The van der Waals surface area contributed by atoms with Crippen molar-refractivity contribution in [2.45, 2.75) is 108 Å². The van der Waals surface area contributed by atoms with Gasteiger partial charge in [-0.3, -0.25) is 14.4 Å². The van der Waals surface area contributed by atoms with Crippen molar-refractivity contribution in [3.63, 3.8) is 0 Å². The number of hydrogen-bond donors (Lipinski definition) is 2. The summed E-state index contributed by atoms with van der Waals surface area (Å²) >= 11 is 6.03. The molecule has 7 nitrogen and oxygen atoms in total. The summed E-state index contributed by atoms with van der Waals surface area (Å²) in [4.78, 5) is 44.3. The van der Waals surface area contributed by atoms with Gasteiger partial charge in [0.2, 0.25) is 17.7 Å². The first-order chi connectivity index (χ1) is 19.3. The van der Waals surface area contributed by atoms with E-state index in [4.69, 9.17) is 16.3 Å². The van der Waals surface area contributed by atoms with Gasteiger partial charge in [0, 0.05) is 22.8 Å². The maximum Gasteiger partial charge on any atom is 0.246 e. The average Bonchev–Trinajstić information content (AvgIpc) is 3.55. The molecule has 5 aliphatic rings. The number of nitrogens with one attached hydrogen (secondary N) is 2. The molecule has 1 spiro atoms. The van der Waals surface area contributed by atoms with E-state index in [1.54, 1.807) is 24.3 Å². The Morgan fingerprint density at radius 2 is 1.65 bits per heavy atom. The highest BCUT2D eigenvalue weighted by molar-refractivity contribution is 6.30. The number of anilines is 1. The molecule has 8 atom stereocenters. The van der Waals surface area contributed by atoms with E-state index in [-0.39, 0.29) is 29.8 Å². The molecule has 2 saturated carbocycles. The lowest BCUT2D eigenvalue weighted by molar-refractivity contribution is -0.144. The van der Waals surface area contributed by atoms with E-state index in [1.165, 1.54) is 12.8 Å². The number of carbonyl (C=O) groups excluding carboxylic acids is 3. The van der Waals surface area contributed by atoms with Crippen LogP contribution in [-0.2, 0) is 19.1 Å². The SMILES string of the molecule is CC1CCCC(NC(=O)C2N(C3CCCCCCC3)C(=O)[C@@H]3C(C(=O)Nc4ccc(Cl)cc4)[C@@H]4C=CC23O4)C1C. The van der Waals surface area contributed by atoms with Crippen LogP contribution >= 0.6 is 11.6 Å². The van der Waals surface area contributed by atoms with Crippen molar-refractivity contribution in [2.24, 2.45) is 23.7 Å². The summed E-state index contributed by atoms with van der Waals surface area (Å²) in [6.07, 6.45) is 13.8. The largest absolute Gasteiger partial charge is 0.359 e. The maximum absolute atomic E-state index is 14.4. The van der Waals surface area contributed by atoms with Crippen molar-refractivity contribution in [3.8, 4) is 0 Å². The summed E-state index contributed by atoms with van der Waals surface area (Å²) < 4.78 is 6.58. The van der Waals surface area contributed by atoms with Crippen LogP contribution in [0.1, 0.15) is 78.1 Å². The number of halogens is 1. The van der Waals surface area contributed by atoms with Crippen LogP contribution in [0.25, 0.3) is 0 Å². The molecule has 0 radical (unpaired) electrons. The van der Waals surface area contributed by atoms with Gasteiger partial charge < -0.3 is 20.3 Å². The van der Waals surface area contributed by atoms with Crippen LogP contribution in [0.2, 0.25) is 5.02 Å². The highest BCUT2D eigenvalue weighted by atomic mass is 35.5. The highest BCUT2D eigenvalue weighted by Gasteiger charge is 2.73. The van der Waals surface area contributed by atoms with Gasteiger partial charge in [0.05, 0.1) is 17.9 Å². The molecule has 8 heteroatoms. The number of ether oxygens (including phenoxy) is 1. The van der Waals surface area contributed by atoms with E-state index in [1.807, 2.05) is 17.1 Å². The summed E-state index contributed by atoms with van der Waals surface area (Å²) in [6, 6.07) is 6.23. The molecule has 2 saturated heterocycles. The Labute approximate surface area is 242 Å². The predicted octanol–water partition coefficient (Wildman–Crippen LogP) is 5.48. The van der Waals surface area contributed by atoms with Gasteiger partial charge in [0.15, 0.2) is 0 Å². The topological polar surface area (TPSA) is 87.7 Å². The van der Waals surface area contributed by atoms with Crippen LogP contribution in [0.15, 0.2) is 36.4 Å². The minimum atomic E-state index is -1.13. The van der Waals surface area contributed by atoms with Crippen LogP contribution < -0.4 is 10.6 Å². The van der Waals surface area contributed by atoms with Crippen molar-refractivity contribution in [1.29, 1.82) is 0 Å². The predicted molar refractivity (Wildman–Crippen MR) is 155 cm³/mol. The summed E-state index contributed by atoms with van der Waals surface area (Å²) in [7, 11) is 0. The smallest absolute Gasteiger partial charge is 0.246 e. The van der Waals surface area contributed by atoms with E-state index in [9.17, 15) is 14.4 Å². The van der Waals surface area contributed by atoms with Crippen molar-refractivity contribution in [2.75, 3.05) is 5.32 Å². The molecule has 3 amide bonds. The average molecular weight is 568 g/mol. The van der Waals surface area contributed by atoms with E-state index < -0.39 is 29.6 Å². The molecular formula is C32H42ClN3O4. The molecule has 2 N–H and O–H groups in total. The summed E-state index contributed by atoms with van der Waals surface area (Å²) in [5.41, 5.74) is -0.507. The molecule has 2 bridgehead atoms. The van der Waals surface area contributed by atoms with E-state index >= 15 is 0 Å². The van der Waals surface area contributed by atoms with Crippen LogP contribution in [0, 0.1) is 23.7 Å². The van der Waals surface area contributed by atoms with Gasteiger partial charge in [-0.2, -0.15) is 0 Å². The Balaban J connectivity index is 1.32. The van der Waals surface area contributed by atoms with E-state index in [0.29, 0.717) is 22.5 Å². The fraction of sp³-hybridized carbons (Fsp3) is 0.656. The third-order valence-corrected chi connectivity index (χ3v) is 10.7. The number of hydrogen-bond acceptors (Lipinski definition) is 4. The van der Waals surface area contributed by atoms with Crippen molar-refractivity contribution >= 4 is 35.0 Å². The maximum atomic E-state index is 14.4. The van der Waals surface area contributed by atoms with Crippen molar-refractivity contribution in [1.82, 2.24) is 10.2 Å². The van der Waals surface area contributed by atoms with Crippen LogP contribution in [-0.4, -0.2) is 52.5 Å². The second-order valence-corrected chi connectivity index (χ2v) is 13.3. The Kier molecular flexibility index (Phi) is 7.73. The van der Waals surface area contributed by atoms with Gasteiger partial charge in [-0.25, -0.2) is 0 Å². The number of rotatable bonds is 5. The molecule has 3 heterocycles. The molecule has 0 aromatic heterocycles. The Bertz CT molecular complexity index is 1160. The van der Waals surface area contributed by atoms with Gasteiger partial charge in [0.25, 0.3) is 0 Å². The van der Waals surface area contributed by atoms with Gasteiger partial charge in [0.1, 0.15) is 11.6 Å². The zero-order valence-corrected chi connectivity index (χ0v) is 24.4.